The number of para-hydroxylation sites is 1. The molecule has 3 aromatic carbocycles. The molecule has 0 aliphatic carbocycles. The molecule has 6 N–H and O–H groups in total. The second kappa shape index (κ2) is 30.4. The van der Waals surface area contributed by atoms with E-state index >= 15 is 0 Å². The molecular formula is C61H89N5O13. The number of rotatable bonds is 29. The number of amides is 5. The number of hydrogen-bond acceptors (Lipinski definition) is 12. The lowest BCUT2D eigenvalue weighted by Gasteiger charge is -2.28. The van der Waals surface area contributed by atoms with Gasteiger partial charge in [-0.05, 0) is 157 Å². The Hall–Kier alpha value is -6.98. The summed E-state index contributed by atoms with van der Waals surface area (Å²) in [5.41, 5.74) is 0.936. The average molecular weight is 1100 g/mol. The fourth-order valence-corrected chi connectivity index (χ4v) is 8.05. The van der Waals surface area contributed by atoms with Crippen LogP contribution in [0.25, 0.3) is 11.1 Å². The Kier molecular flexibility index (Phi) is 25.5. The van der Waals surface area contributed by atoms with E-state index in [0.717, 1.165) is 30.4 Å². The second-order valence-electron chi connectivity index (χ2n) is 24.0. The van der Waals surface area contributed by atoms with Gasteiger partial charge in [-0.3, -0.25) is 24.0 Å². The maximum atomic E-state index is 14.3. The molecule has 0 bridgehead atoms. The predicted molar refractivity (Wildman–Crippen MR) is 304 cm³/mol. The number of carboxylic acids is 1. The van der Waals surface area contributed by atoms with Gasteiger partial charge in [0.05, 0.1) is 11.6 Å². The number of carbonyl (C=O) groups excluding carboxylic acids is 7. The van der Waals surface area contributed by atoms with Crippen molar-refractivity contribution in [2.75, 3.05) is 19.6 Å². The lowest BCUT2D eigenvalue weighted by atomic mass is 9.92. The number of nitrogens with one attached hydrogen (secondary N) is 5. The first-order chi connectivity index (χ1) is 36.7. The van der Waals surface area contributed by atoms with Crippen LogP contribution in [-0.4, -0.2) is 107 Å². The Labute approximate surface area is 468 Å². The van der Waals surface area contributed by atoms with E-state index in [2.05, 4.69) is 45.6 Å². The zero-order valence-electron chi connectivity index (χ0n) is 49.2. The van der Waals surface area contributed by atoms with E-state index in [1.54, 1.807) is 71.9 Å². The number of carbonyl (C=O) groups is 8. The molecule has 0 radical (unpaired) electrons. The molecule has 0 spiro atoms. The first-order valence-electron chi connectivity index (χ1n) is 27.6. The van der Waals surface area contributed by atoms with Crippen LogP contribution in [0.15, 0.2) is 66.7 Å². The first kappa shape index (κ1) is 66.3. The third-order valence-corrected chi connectivity index (χ3v) is 11.9. The number of alkyl carbamates (subject to hydrolysis) is 2. The van der Waals surface area contributed by atoms with Crippen LogP contribution >= 0.6 is 0 Å². The highest BCUT2D eigenvalue weighted by molar-refractivity contribution is 6.00. The fraction of sp³-hybridized carbons (Fsp3) is 0.574. The molecule has 4 atom stereocenters. The Morgan fingerprint density at radius 2 is 1.10 bits per heavy atom. The normalized spacial score (nSPS) is 13.3. The zero-order valence-corrected chi connectivity index (χ0v) is 49.2. The van der Waals surface area contributed by atoms with Crippen LogP contribution in [0.5, 0.6) is 11.5 Å². The van der Waals surface area contributed by atoms with Gasteiger partial charge in [0.2, 0.25) is 11.8 Å². The van der Waals surface area contributed by atoms with Gasteiger partial charge >= 0.3 is 18.2 Å². The maximum absolute atomic E-state index is 14.3. The smallest absolute Gasteiger partial charge is 0.407 e. The number of Topliss-reactive ketones (excluding diaryl/α,β-unsaturated/α-hetero) is 2. The van der Waals surface area contributed by atoms with Gasteiger partial charge in [-0.25, -0.2) is 14.4 Å². The van der Waals surface area contributed by atoms with Crippen molar-refractivity contribution in [1.29, 1.82) is 0 Å². The molecule has 3 rings (SSSR count). The molecule has 0 aromatic heterocycles. The molecule has 0 aliphatic rings. The van der Waals surface area contributed by atoms with Gasteiger partial charge in [-0.2, -0.15) is 0 Å². The summed E-state index contributed by atoms with van der Waals surface area (Å²) in [6, 6.07) is 17.8. The van der Waals surface area contributed by atoms with Crippen molar-refractivity contribution in [3.05, 3.63) is 83.4 Å². The molecule has 0 unspecified atom stereocenters. The molecule has 18 nitrogen and oxygen atoms in total. The topological polar surface area (TPSA) is 254 Å². The summed E-state index contributed by atoms with van der Waals surface area (Å²) in [6.45, 7) is 25.0. The van der Waals surface area contributed by atoms with Gasteiger partial charge in [0.15, 0.2) is 23.1 Å². The average Bonchev–Trinajstić information content (AvgIpc) is 3.33. The summed E-state index contributed by atoms with van der Waals surface area (Å²) in [6.07, 6.45) is 1.52. The minimum Gasteiger partial charge on any atom is -0.484 e. The van der Waals surface area contributed by atoms with Crippen LogP contribution in [0.4, 0.5) is 9.59 Å². The largest absolute Gasteiger partial charge is 0.484 e. The molecule has 0 saturated heterocycles. The number of unbranched alkanes of at least 4 members (excludes halogenated alkanes) is 2. The molecule has 0 aliphatic heterocycles. The number of ketones is 2. The number of hydrogen-bond donors (Lipinski definition) is 6. The van der Waals surface area contributed by atoms with Crippen LogP contribution in [0.2, 0.25) is 0 Å². The van der Waals surface area contributed by atoms with E-state index in [1.807, 2.05) is 65.8 Å². The van der Waals surface area contributed by atoms with E-state index in [0.29, 0.717) is 29.9 Å². The van der Waals surface area contributed by atoms with Gasteiger partial charge in [0.25, 0.3) is 5.91 Å². The monoisotopic (exact) mass is 1100 g/mol. The second-order valence-corrected chi connectivity index (χ2v) is 24.0. The lowest BCUT2D eigenvalue weighted by Crippen LogP contribution is -2.48. The summed E-state index contributed by atoms with van der Waals surface area (Å²) in [4.78, 5) is 107. The van der Waals surface area contributed by atoms with Gasteiger partial charge in [-0.1, -0.05) is 74.9 Å². The molecule has 436 valence electrons. The van der Waals surface area contributed by atoms with Crippen LogP contribution < -0.4 is 36.1 Å². The van der Waals surface area contributed by atoms with Crippen molar-refractivity contribution in [3.63, 3.8) is 0 Å². The Morgan fingerprint density at radius 1 is 0.557 bits per heavy atom. The van der Waals surface area contributed by atoms with E-state index in [4.69, 9.17) is 18.9 Å². The summed E-state index contributed by atoms with van der Waals surface area (Å²) >= 11 is 0. The van der Waals surface area contributed by atoms with Crippen molar-refractivity contribution in [1.82, 2.24) is 26.6 Å². The van der Waals surface area contributed by atoms with Crippen molar-refractivity contribution in [2.45, 2.75) is 196 Å². The highest BCUT2D eigenvalue weighted by atomic mass is 16.6. The first-order valence-corrected chi connectivity index (χ1v) is 27.6. The highest BCUT2D eigenvalue weighted by Gasteiger charge is 2.32. The van der Waals surface area contributed by atoms with Crippen LogP contribution in [-0.2, 0) is 35.1 Å². The Balaban J connectivity index is 1.75. The minimum atomic E-state index is -1.32. The lowest BCUT2D eigenvalue weighted by molar-refractivity contribution is -0.142. The highest BCUT2D eigenvalue weighted by Crippen LogP contribution is 2.36. The number of carboxylic acid groups (broad SMARTS) is 1. The van der Waals surface area contributed by atoms with Crippen molar-refractivity contribution in [3.8, 4) is 22.6 Å². The van der Waals surface area contributed by atoms with Gasteiger partial charge in [0, 0.05) is 49.9 Å². The standard InChI is InChI=1S/C61H89N5O13/c1-15-16-20-40-24-26-41(27-25-40)42-28-30-43(31-29-42)48(67)38-44(32-35-63-56(74)78-60(9,10)11)53(70)65-46(33-36-64-57(75)79-61(12,13)14)49(68)37-39(2)52(69)66-47(55(72)73)22-17-18-34-62-54(71)45-21-19-23-50(76-58(3,4)5)51(45)77-59(6,7)8/h19,21,23-31,39,44,46-47H,15-18,20,22,32-38H2,1-14H3,(H,62,71)(H,63,74)(H,64,75)(H,65,70)(H,66,69)(H,72,73)/t39-,44-,46+,47+/m1/s1. The summed E-state index contributed by atoms with van der Waals surface area (Å²) < 4.78 is 23.0. The number of aliphatic carboxylic acids is 1. The molecule has 0 saturated carbocycles. The van der Waals surface area contributed by atoms with Crippen LogP contribution in [0.1, 0.15) is 181 Å². The quantitative estimate of drug-likeness (QED) is 0.0280. The van der Waals surface area contributed by atoms with Crippen molar-refractivity contribution >= 4 is 47.4 Å². The van der Waals surface area contributed by atoms with E-state index in [9.17, 15) is 43.5 Å². The molecular weight excluding hydrogens is 1010 g/mol. The Bertz CT molecular complexity index is 2520. The summed E-state index contributed by atoms with van der Waals surface area (Å²) in [7, 11) is 0. The summed E-state index contributed by atoms with van der Waals surface area (Å²) in [5.74, 6) is -5.47. The molecule has 0 fully saturated rings. The minimum absolute atomic E-state index is 0.0138. The van der Waals surface area contributed by atoms with Crippen LogP contribution in [0, 0.1) is 11.8 Å². The number of aryl methyl sites for hydroxylation is 1. The number of ether oxygens (including phenoxy) is 4. The molecule has 5 amide bonds. The van der Waals surface area contributed by atoms with Crippen LogP contribution in [0.3, 0.4) is 0 Å². The van der Waals surface area contributed by atoms with Gasteiger partial charge in [0.1, 0.15) is 28.4 Å². The predicted octanol–water partition coefficient (Wildman–Crippen LogP) is 10.3. The zero-order chi connectivity index (χ0) is 59.3. The number of benzene rings is 3. The Morgan fingerprint density at radius 3 is 1.63 bits per heavy atom. The van der Waals surface area contributed by atoms with Crippen molar-refractivity contribution < 1.29 is 62.4 Å². The molecule has 3 aromatic rings. The van der Waals surface area contributed by atoms with Gasteiger partial charge in [-0.15, -0.1) is 0 Å². The van der Waals surface area contributed by atoms with E-state index < -0.39 is 94.4 Å². The van der Waals surface area contributed by atoms with E-state index in [1.165, 1.54) is 12.5 Å². The molecule has 18 heteroatoms. The third-order valence-electron chi connectivity index (χ3n) is 11.9. The SMILES string of the molecule is CCCCc1ccc(-c2ccc(C(=O)C[C@@H](CCNC(=O)OC(C)(C)C)C(=O)N[C@@H](CCNC(=O)OC(C)(C)C)C(=O)C[C@@H](C)C(=O)N[C@@H](CCCCNC(=O)c3cccc(OC(C)(C)C)c3OC(C)(C)C)C(=O)O)cc2)cc1. The van der Waals surface area contributed by atoms with Gasteiger partial charge < -0.3 is 50.6 Å². The molecule has 79 heavy (non-hydrogen) atoms. The van der Waals surface area contributed by atoms with Crippen molar-refractivity contribution in [2.24, 2.45) is 11.8 Å². The fourth-order valence-electron chi connectivity index (χ4n) is 8.05. The maximum Gasteiger partial charge on any atom is 0.407 e. The summed E-state index contributed by atoms with van der Waals surface area (Å²) in [5, 5.41) is 23.5. The third kappa shape index (κ3) is 25.6. The molecule has 0 heterocycles. The van der Waals surface area contributed by atoms with E-state index in [-0.39, 0.29) is 56.7 Å².